The molecule has 2 fully saturated rings. The van der Waals surface area contributed by atoms with Gasteiger partial charge in [-0.1, -0.05) is 6.07 Å². The molecule has 3 aliphatic heterocycles. The van der Waals surface area contributed by atoms with Gasteiger partial charge in [-0.15, -0.1) is 5.10 Å². The smallest absolute Gasteiger partial charge is 0.338 e. The lowest BCUT2D eigenvalue weighted by Gasteiger charge is -2.40. The van der Waals surface area contributed by atoms with E-state index in [9.17, 15) is 14.7 Å². The number of aromatic nitrogens is 5. The number of nitrogens with zero attached hydrogens (tertiary/aromatic N) is 6. The highest BCUT2D eigenvalue weighted by Gasteiger charge is 2.42. The minimum absolute atomic E-state index is 0.0641. The van der Waals surface area contributed by atoms with E-state index in [1.165, 1.54) is 11.0 Å². The molecule has 5 heterocycles. The molecule has 1 amide bonds. The first kappa shape index (κ1) is 22.7. The van der Waals surface area contributed by atoms with Crippen LogP contribution in [0.3, 0.4) is 0 Å². The number of amides is 1. The van der Waals surface area contributed by atoms with E-state index in [1.807, 2.05) is 13.0 Å². The largest absolute Gasteiger partial charge is 0.457 e. The molecular formula is C25H27N7O4. The number of aliphatic hydroxyl groups is 1. The number of carbonyl (C=O) groups excluding carboxylic acids is 2. The Balaban J connectivity index is 1.08. The Morgan fingerprint density at radius 1 is 1.22 bits per heavy atom. The Bertz CT molecular complexity index is 1280. The zero-order valence-corrected chi connectivity index (χ0v) is 19.9. The number of esters is 1. The fourth-order valence-electron chi connectivity index (χ4n) is 5.91. The second-order valence-electron chi connectivity index (χ2n) is 9.78. The third-order valence-corrected chi connectivity index (χ3v) is 7.76. The summed E-state index contributed by atoms with van der Waals surface area (Å²) in [6, 6.07) is 7.71. The van der Waals surface area contributed by atoms with Gasteiger partial charge in [-0.25, -0.2) is 9.78 Å². The number of nitrogens with one attached hydrogen (secondary N) is 1. The molecular weight excluding hydrogens is 462 g/mol. The maximum absolute atomic E-state index is 12.8. The van der Waals surface area contributed by atoms with Crippen molar-refractivity contribution < 1.29 is 19.4 Å². The molecule has 3 aliphatic rings. The topological polar surface area (TPSA) is 135 Å². The Labute approximate surface area is 207 Å². The van der Waals surface area contributed by atoms with E-state index >= 15 is 0 Å². The molecule has 2 unspecified atom stereocenters. The number of aliphatic hydroxyl groups excluding tert-OH is 1. The molecule has 0 saturated carbocycles. The number of pyridine rings is 1. The predicted molar refractivity (Wildman–Crippen MR) is 126 cm³/mol. The summed E-state index contributed by atoms with van der Waals surface area (Å²) in [7, 11) is 0. The molecule has 6 rings (SSSR count). The minimum atomic E-state index is -0.650. The highest BCUT2D eigenvalue weighted by molar-refractivity contribution is 5.94. The summed E-state index contributed by atoms with van der Waals surface area (Å²) in [5.74, 6) is -0.489. The lowest BCUT2D eigenvalue weighted by atomic mass is 9.93. The molecule has 0 aliphatic carbocycles. The van der Waals surface area contributed by atoms with Crippen molar-refractivity contribution in [2.24, 2.45) is 0 Å². The van der Waals surface area contributed by atoms with Crippen LogP contribution >= 0.6 is 0 Å². The first-order valence-corrected chi connectivity index (χ1v) is 12.2. The van der Waals surface area contributed by atoms with Crippen LogP contribution in [0.15, 0.2) is 36.8 Å². The molecule has 11 nitrogen and oxygen atoms in total. The highest BCUT2D eigenvalue weighted by Crippen LogP contribution is 2.38. The normalized spacial score (nSPS) is 23.8. The van der Waals surface area contributed by atoms with Crippen LogP contribution in [0.2, 0.25) is 0 Å². The third kappa shape index (κ3) is 4.03. The molecule has 36 heavy (non-hydrogen) atoms. The lowest BCUT2D eigenvalue weighted by molar-refractivity contribution is 0.0495. The molecule has 2 saturated heterocycles. The molecule has 2 N–H and O–H groups in total. The molecule has 0 radical (unpaired) electrons. The van der Waals surface area contributed by atoms with Crippen molar-refractivity contribution in [2.75, 3.05) is 6.54 Å². The summed E-state index contributed by atoms with van der Waals surface area (Å²) in [4.78, 5) is 31.3. The summed E-state index contributed by atoms with van der Waals surface area (Å²) in [5.41, 5.74) is 4.28. The number of rotatable bonds is 6. The van der Waals surface area contributed by atoms with Gasteiger partial charge in [0.15, 0.2) is 0 Å². The Morgan fingerprint density at radius 3 is 2.72 bits per heavy atom. The standard InChI is InChI=1S/C25H27N7O4/c1-14-19(5-6-20-21(14)12-36-25(20)35)23(33)11-31-16-2-3-17(31)9-15(8-16)28-24(34)22-7-4-18(10-26-22)32-13-27-29-30-32/h4-7,10,13,15-17,23,33H,2-3,8-9,11-12H2,1H3,(H,28,34)/t15?,16?,17?,23-/m1/s1. The second kappa shape index (κ2) is 9.07. The maximum atomic E-state index is 12.8. The fraction of sp³-hybridized carbons (Fsp3) is 0.440. The molecule has 3 atom stereocenters. The quantitative estimate of drug-likeness (QED) is 0.494. The zero-order chi connectivity index (χ0) is 24.8. The second-order valence-corrected chi connectivity index (χ2v) is 9.78. The van der Waals surface area contributed by atoms with E-state index < -0.39 is 6.10 Å². The first-order valence-electron chi connectivity index (χ1n) is 12.2. The molecule has 2 aromatic heterocycles. The molecule has 0 spiro atoms. The van der Waals surface area contributed by atoms with Crippen molar-refractivity contribution in [3.05, 3.63) is 64.7 Å². The maximum Gasteiger partial charge on any atom is 0.338 e. The van der Waals surface area contributed by atoms with Crippen molar-refractivity contribution in [2.45, 2.75) is 63.4 Å². The lowest BCUT2D eigenvalue weighted by Crippen LogP contribution is -2.51. The van der Waals surface area contributed by atoms with E-state index in [4.69, 9.17) is 4.74 Å². The summed E-state index contributed by atoms with van der Waals surface area (Å²) < 4.78 is 6.63. The van der Waals surface area contributed by atoms with Crippen LogP contribution in [0, 0.1) is 6.92 Å². The average molecular weight is 490 g/mol. The van der Waals surface area contributed by atoms with E-state index in [0.717, 1.165) is 42.4 Å². The Morgan fingerprint density at radius 2 is 2.03 bits per heavy atom. The fourth-order valence-corrected chi connectivity index (χ4v) is 5.91. The number of hydrogen-bond acceptors (Lipinski definition) is 9. The van der Waals surface area contributed by atoms with Crippen molar-refractivity contribution >= 4 is 11.9 Å². The van der Waals surface area contributed by atoms with Gasteiger partial charge in [-0.2, -0.15) is 4.68 Å². The van der Waals surface area contributed by atoms with Gasteiger partial charge in [0.25, 0.3) is 5.91 Å². The number of benzene rings is 1. The van der Waals surface area contributed by atoms with E-state index in [1.54, 1.807) is 24.4 Å². The van der Waals surface area contributed by atoms with E-state index in [-0.39, 0.29) is 24.5 Å². The van der Waals surface area contributed by atoms with Gasteiger partial charge in [0, 0.05) is 30.2 Å². The van der Waals surface area contributed by atoms with Crippen LogP contribution in [-0.4, -0.2) is 71.7 Å². The number of tetrazole rings is 1. The number of ether oxygens (including phenoxy) is 1. The van der Waals surface area contributed by atoms with E-state index in [0.29, 0.717) is 35.6 Å². The monoisotopic (exact) mass is 489 g/mol. The Hall–Kier alpha value is -3.70. The summed E-state index contributed by atoms with van der Waals surface area (Å²) >= 11 is 0. The summed E-state index contributed by atoms with van der Waals surface area (Å²) in [6.45, 7) is 2.75. The Kier molecular flexibility index (Phi) is 5.73. The number of fused-ring (bicyclic) bond motifs is 3. The first-order chi connectivity index (χ1) is 17.5. The SMILES string of the molecule is Cc1c([C@H](O)CN2C3CCC2CC(NC(=O)c2ccc(-n4cnnn4)cn2)C3)ccc2c1COC2=O. The number of hydrogen-bond donors (Lipinski definition) is 2. The van der Waals surface area contributed by atoms with Gasteiger partial charge in [-0.3, -0.25) is 9.69 Å². The van der Waals surface area contributed by atoms with Gasteiger partial charge in [0.05, 0.1) is 23.6 Å². The van der Waals surface area contributed by atoms with Crippen molar-refractivity contribution in [1.29, 1.82) is 0 Å². The third-order valence-electron chi connectivity index (χ3n) is 7.76. The zero-order valence-electron chi connectivity index (χ0n) is 19.9. The summed E-state index contributed by atoms with van der Waals surface area (Å²) in [6.07, 6.45) is 6.16. The van der Waals surface area contributed by atoms with Gasteiger partial charge in [-0.05, 0) is 72.4 Å². The van der Waals surface area contributed by atoms with Gasteiger partial charge in [0.2, 0.25) is 0 Å². The summed E-state index contributed by atoms with van der Waals surface area (Å²) in [5, 5.41) is 25.3. The van der Waals surface area contributed by atoms with Gasteiger partial charge >= 0.3 is 5.97 Å². The van der Waals surface area contributed by atoms with Crippen LogP contribution < -0.4 is 5.32 Å². The van der Waals surface area contributed by atoms with Crippen molar-refractivity contribution in [1.82, 2.24) is 35.4 Å². The molecule has 3 aromatic rings. The van der Waals surface area contributed by atoms with Crippen molar-refractivity contribution in [3.8, 4) is 5.69 Å². The van der Waals surface area contributed by atoms with Crippen LogP contribution in [0.1, 0.15) is 69.3 Å². The highest BCUT2D eigenvalue weighted by atomic mass is 16.5. The molecule has 11 heteroatoms. The van der Waals surface area contributed by atoms with Crippen LogP contribution in [0.5, 0.6) is 0 Å². The van der Waals surface area contributed by atoms with Crippen molar-refractivity contribution in [3.63, 3.8) is 0 Å². The number of cyclic esters (lactones) is 1. The minimum Gasteiger partial charge on any atom is -0.457 e. The van der Waals surface area contributed by atoms with Crippen LogP contribution in [0.4, 0.5) is 0 Å². The van der Waals surface area contributed by atoms with Gasteiger partial charge < -0.3 is 15.2 Å². The molecule has 1 aromatic carbocycles. The van der Waals surface area contributed by atoms with Crippen LogP contribution in [-0.2, 0) is 11.3 Å². The predicted octanol–water partition coefficient (Wildman–Crippen LogP) is 1.49. The molecule has 2 bridgehead atoms. The van der Waals surface area contributed by atoms with Gasteiger partial charge in [0.1, 0.15) is 18.6 Å². The number of piperidine rings is 1. The molecule has 186 valence electrons. The van der Waals surface area contributed by atoms with E-state index in [2.05, 4.69) is 30.7 Å². The van der Waals surface area contributed by atoms with Crippen LogP contribution in [0.25, 0.3) is 5.69 Å². The number of carbonyl (C=O) groups is 2. The average Bonchev–Trinajstić information content (AvgIpc) is 3.59.